The second-order valence-corrected chi connectivity index (χ2v) is 3.14. The molecule has 3 N–H and O–H groups in total. The molecule has 0 saturated carbocycles. The standard InChI is InChI=1S/C9H10N6O2/c1-15-5-12-9(13-15)17-6-3-2-4-11-7(6)8(10)14-16/h2-5,16H,1H3,(H2,10,14). The van der Waals surface area contributed by atoms with Crippen LogP contribution in [-0.4, -0.2) is 30.8 Å². The molecule has 0 aliphatic carbocycles. The van der Waals surface area contributed by atoms with Gasteiger partial charge in [-0.05, 0) is 12.1 Å². The monoisotopic (exact) mass is 234 g/mol. The summed E-state index contributed by atoms with van der Waals surface area (Å²) in [7, 11) is 1.72. The van der Waals surface area contributed by atoms with Crippen molar-refractivity contribution in [1.29, 1.82) is 0 Å². The molecule has 0 saturated heterocycles. The van der Waals surface area contributed by atoms with Crippen molar-refractivity contribution >= 4 is 5.84 Å². The number of hydrogen-bond acceptors (Lipinski definition) is 6. The van der Waals surface area contributed by atoms with Crippen molar-refractivity contribution < 1.29 is 9.94 Å². The lowest BCUT2D eigenvalue weighted by molar-refractivity contribution is 0.318. The van der Waals surface area contributed by atoms with E-state index in [2.05, 4.69) is 20.2 Å². The van der Waals surface area contributed by atoms with Gasteiger partial charge in [0.1, 0.15) is 6.33 Å². The number of ether oxygens (including phenoxy) is 1. The number of hydrogen-bond donors (Lipinski definition) is 2. The van der Waals surface area contributed by atoms with Gasteiger partial charge in [-0.2, -0.15) is 4.98 Å². The number of nitrogens with two attached hydrogens (primary N) is 1. The number of aromatic nitrogens is 4. The number of rotatable bonds is 3. The Morgan fingerprint density at radius 2 is 2.35 bits per heavy atom. The van der Waals surface area contributed by atoms with E-state index < -0.39 is 0 Å². The SMILES string of the molecule is Cn1cnc(Oc2cccnc2/C(N)=N/O)n1. The van der Waals surface area contributed by atoms with Gasteiger partial charge in [0.25, 0.3) is 0 Å². The largest absolute Gasteiger partial charge is 0.421 e. The third-order valence-corrected chi connectivity index (χ3v) is 1.90. The van der Waals surface area contributed by atoms with Gasteiger partial charge < -0.3 is 15.7 Å². The Bertz CT molecular complexity index is 550. The number of oxime groups is 1. The fraction of sp³-hybridized carbons (Fsp3) is 0.111. The molecule has 88 valence electrons. The molecule has 8 heteroatoms. The lowest BCUT2D eigenvalue weighted by atomic mass is 10.3. The normalized spacial score (nSPS) is 11.5. The molecule has 8 nitrogen and oxygen atoms in total. The molecule has 0 fully saturated rings. The van der Waals surface area contributed by atoms with Crippen LogP contribution in [0.4, 0.5) is 0 Å². The van der Waals surface area contributed by atoms with Crippen molar-refractivity contribution in [3.63, 3.8) is 0 Å². The second-order valence-electron chi connectivity index (χ2n) is 3.14. The van der Waals surface area contributed by atoms with Crippen LogP contribution in [0.3, 0.4) is 0 Å². The third kappa shape index (κ3) is 2.30. The van der Waals surface area contributed by atoms with Gasteiger partial charge in [0, 0.05) is 13.2 Å². The first-order valence-corrected chi connectivity index (χ1v) is 4.67. The summed E-state index contributed by atoms with van der Waals surface area (Å²) in [5, 5.41) is 15.4. The zero-order valence-electron chi connectivity index (χ0n) is 8.98. The zero-order chi connectivity index (χ0) is 12.3. The second kappa shape index (κ2) is 4.47. The molecule has 0 spiro atoms. The van der Waals surface area contributed by atoms with E-state index in [-0.39, 0.29) is 17.5 Å². The van der Waals surface area contributed by atoms with Crippen molar-refractivity contribution in [1.82, 2.24) is 19.7 Å². The maximum Gasteiger partial charge on any atom is 0.341 e. The van der Waals surface area contributed by atoms with Crippen LogP contribution >= 0.6 is 0 Å². The summed E-state index contributed by atoms with van der Waals surface area (Å²) in [5.41, 5.74) is 5.69. The average Bonchev–Trinajstić information content (AvgIpc) is 2.74. The van der Waals surface area contributed by atoms with Crippen molar-refractivity contribution in [3.8, 4) is 11.8 Å². The molecule has 0 bridgehead atoms. The Kier molecular flexibility index (Phi) is 2.86. The van der Waals surface area contributed by atoms with Gasteiger partial charge in [0.05, 0.1) is 0 Å². The van der Waals surface area contributed by atoms with Crippen LogP contribution in [0.25, 0.3) is 0 Å². The Morgan fingerprint density at radius 3 is 3.00 bits per heavy atom. The molecule has 0 radical (unpaired) electrons. The first-order valence-electron chi connectivity index (χ1n) is 4.67. The van der Waals surface area contributed by atoms with Crippen molar-refractivity contribution in [2.24, 2.45) is 17.9 Å². The van der Waals surface area contributed by atoms with Crippen LogP contribution in [0.1, 0.15) is 5.69 Å². The first-order chi connectivity index (χ1) is 8.20. The number of pyridine rings is 1. The summed E-state index contributed by atoms with van der Waals surface area (Å²) in [6.45, 7) is 0. The van der Waals surface area contributed by atoms with Crippen molar-refractivity contribution in [3.05, 3.63) is 30.4 Å². The first kappa shape index (κ1) is 10.9. The summed E-state index contributed by atoms with van der Waals surface area (Å²) in [4.78, 5) is 7.85. The van der Waals surface area contributed by atoms with E-state index >= 15 is 0 Å². The van der Waals surface area contributed by atoms with E-state index in [4.69, 9.17) is 15.7 Å². The van der Waals surface area contributed by atoms with E-state index in [1.54, 1.807) is 19.2 Å². The van der Waals surface area contributed by atoms with Gasteiger partial charge >= 0.3 is 6.01 Å². The minimum Gasteiger partial charge on any atom is -0.421 e. The predicted molar refractivity (Wildman–Crippen MR) is 57.8 cm³/mol. The minimum atomic E-state index is -0.142. The van der Waals surface area contributed by atoms with E-state index in [0.29, 0.717) is 5.75 Å². The molecular formula is C9H10N6O2. The molecule has 17 heavy (non-hydrogen) atoms. The Morgan fingerprint density at radius 1 is 1.53 bits per heavy atom. The van der Waals surface area contributed by atoms with Gasteiger partial charge in [-0.1, -0.05) is 5.16 Å². The smallest absolute Gasteiger partial charge is 0.341 e. The highest BCUT2D eigenvalue weighted by atomic mass is 16.5. The summed E-state index contributed by atoms with van der Waals surface area (Å²) < 4.78 is 6.87. The topological polar surface area (TPSA) is 111 Å². The molecule has 0 amide bonds. The van der Waals surface area contributed by atoms with Gasteiger partial charge in [0.2, 0.25) is 0 Å². The third-order valence-electron chi connectivity index (χ3n) is 1.90. The Labute approximate surface area is 96.4 Å². The van der Waals surface area contributed by atoms with Crippen LogP contribution in [0.2, 0.25) is 0 Å². The number of amidine groups is 1. The van der Waals surface area contributed by atoms with Gasteiger partial charge in [-0.25, -0.2) is 4.98 Å². The van der Waals surface area contributed by atoms with Crippen molar-refractivity contribution in [2.75, 3.05) is 0 Å². The van der Waals surface area contributed by atoms with Gasteiger partial charge in [-0.15, -0.1) is 5.10 Å². The highest BCUT2D eigenvalue weighted by molar-refractivity contribution is 5.97. The van der Waals surface area contributed by atoms with Crippen LogP contribution in [0.5, 0.6) is 11.8 Å². The zero-order valence-corrected chi connectivity index (χ0v) is 8.98. The van der Waals surface area contributed by atoms with Crippen molar-refractivity contribution in [2.45, 2.75) is 0 Å². The van der Waals surface area contributed by atoms with E-state index in [9.17, 15) is 0 Å². The molecule has 2 rings (SSSR count). The summed E-state index contributed by atoms with van der Waals surface area (Å²) >= 11 is 0. The fourth-order valence-corrected chi connectivity index (χ4v) is 1.18. The molecule has 2 aromatic heterocycles. The Hall–Kier alpha value is -2.64. The highest BCUT2D eigenvalue weighted by Gasteiger charge is 2.11. The van der Waals surface area contributed by atoms with Crippen LogP contribution in [0, 0.1) is 0 Å². The summed E-state index contributed by atoms with van der Waals surface area (Å²) in [5.74, 6) is 0.172. The van der Waals surface area contributed by atoms with E-state index in [0.717, 1.165) is 0 Å². The molecule has 2 aromatic rings. The molecule has 0 atom stereocenters. The summed E-state index contributed by atoms with van der Waals surface area (Å²) in [6.07, 6.45) is 3.00. The molecule has 0 unspecified atom stereocenters. The van der Waals surface area contributed by atoms with Crippen LogP contribution < -0.4 is 10.5 Å². The van der Waals surface area contributed by atoms with E-state index in [1.165, 1.54) is 17.2 Å². The minimum absolute atomic E-state index is 0.142. The quantitative estimate of drug-likeness (QED) is 0.337. The van der Waals surface area contributed by atoms with E-state index in [1.807, 2.05) is 0 Å². The highest BCUT2D eigenvalue weighted by Crippen LogP contribution is 2.20. The lowest BCUT2D eigenvalue weighted by Gasteiger charge is -2.05. The Balaban J connectivity index is 2.32. The van der Waals surface area contributed by atoms with Crippen LogP contribution in [-0.2, 0) is 7.05 Å². The fourth-order valence-electron chi connectivity index (χ4n) is 1.18. The summed E-state index contributed by atoms with van der Waals surface area (Å²) in [6, 6.07) is 3.44. The number of nitrogens with zero attached hydrogens (tertiary/aromatic N) is 5. The molecule has 0 aliphatic heterocycles. The maximum absolute atomic E-state index is 8.61. The molecule has 0 aliphatic rings. The predicted octanol–water partition coefficient (Wildman–Crippen LogP) is 0.0969. The van der Waals surface area contributed by atoms with Gasteiger partial charge in [-0.3, -0.25) is 4.68 Å². The lowest BCUT2D eigenvalue weighted by Crippen LogP contribution is -2.16. The van der Waals surface area contributed by atoms with Crippen LogP contribution in [0.15, 0.2) is 29.8 Å². The number of aryl methyl sites for hydroxylation is 1. The van der Waals surface area contributed by atoms with Gasteiger partial charge in [0.15, 0.2) is 17.3 Å². The molecule has 2 heterocycles. The molecular weight excluding hydrogens is 224 g/mol. The molecule has 0 aromatic carbocycles. The maximum atomic E-state index is 8.61. The average molecular weight is 234 g/mol.